The molecule has 6 nitrogen and oxygen atoms in total. The molecule has 1 saturated heterocycles. The van der Waals surface area contributed by atoms with Crippen LogP contribution >= 0.6 is 0 Å². The smallest absolute Gasteiger partial charge is 0.420 e. The van der Waals surface area contributed by atoms with Crippen molar-refractivity contribution in [1.29, 1.82) is 0 Å². The lowest BCUT2D eigenvalue weighted by Crippen LogP contribution is -2.29. The van der Waals surface area contributed by atoms with Crippen LogP contribution in [0, 0.1) is 5.82 Å². The first kappa shape index (κ1) is 23.1. The van der Waals surface area contributed by atoms with E-state index in [2.05, 4.69) is 4.98 Å². The Labute approximate surface area is 207 Å². The van der Waals surface area contributed by atoms with Crippen molar-refractivity contribution in [1.82, 2.24) is 14.3 Å². The first-order valence-electron chi connectivity index (χ1n) is 11.5. The van der Waals surface area contributed by atoms with Crippen LogP contribution in [-0.2, 0) is 6.18 Å². The van der Waals surface area contributed by atoms with Gasteiger partial charge in [0.15, 0.2) is 11.3 Å². The minimum Gasteiger partial charge on any atom is -0.472 e. The highest BCUT2D eigenvalue weighted by atomic mass is 19.4. The van der Waals surface area contributed by atoms with E-state index in [4.69, 9.17) is 8.83 Å². The lowest BCUT2D eigenvalue weighted by molar-refractivity contribution is -0.136. The Morgan fingerprint density at radius 3 is 2.32 bits per heavy atom. The van der Waals surface area contributed by atoms with Crippen molar-refractivity contribution in [2.24, 2.45) is 0 Å². The molecule has 1 atom stereocenters. The Hall–Kier alpha value is -4.34. The average molecular weight is 509 g/mol. The van der Waals surface area contributed by atoms with E-state index < -0.39 is 17.6 Å². The highest BCUT2D eigenvalue weighted by Gasteiger charge is 2.38. The Morgan fingerprint density at radius 1 is 0.973 bits per heavy atom. The number of halogens is 4. The topological polar surface area (TPSA) is 63.9 Å². The highest BCUT2D eigenvalue weighted by Crippen LogP contribution is 2.39. The average Bonchev–Trinajstić information content (AvgIpc) is 3.68. The van der Waals surface area contributed by atoms with Crippen LogP contribution < -0.4 is 0 Å². The molecule has 0 aliphatic carbocycles. The number of benzene rings is 1. The van der Waals surface area contributed by atoms with Crippen LogP contribution in [0.2, 0.25) is 0 Å². The van der Waals surface area contributed by atoms with Crippen LogP contribution in [0.4, 0.5) is 17.6 Å². The number of hydrogen-bond acceptors (Lipinski definition) is 4. The second kappa shape index (κ2) is 8.65. The molecule has 1 aliphatic rings. The minimum atomic E-state index is -4.72. The van der Waals surface area contributed by atoms with Gasteiger partial charge < -0.3 is 13.7 Å². The number of pyridine rings is 1. The maximum atomic E-state index is 14.2. The third-order valence-electron chi connectivity index (χ3n) is 6.69. The van der Waals surface area contributed by atoms with Gasteiger partial charge in [-0.2, -0.15) is 13.2 Å². The van der Waals surface area contributed by atoms with Gasteiger partial charge in [-0.25, -0.2) is 9.37 Å². The molecule has 5 heterocycles. The normalized spacial score (nSPS) is 16.1. The summed E-state index contributed by atoms with van der Waals surface area (Å²) in [4.78, 5) is 19.5. The molecular formula is C27H19F4N3O3. The molecule has 0 radical (unpaired) electrons. The SMILES string of the molecule is O=C(c1nc2c(C(F)(F)F)cc(-c3ccoc3)cn2c1-c1ccoc1)N1CCC(c2ccc(F)cc2)C1. The number of furan rings is 2. The zero-order valence-corrected chi connectivity index (χ0v) is 19.2. The number of aromatic nitrogens is 2. The molecule has 0 spiro atoms. The molecule has 37 heavy (non-hydrogen) atoms. The largest absolute Gasteiger partial charge is 0.472 e. The summed E-state index contributed by atoms with van der Waals surface area (Å²) in [6.07, 6.45) is 2.90. The Kier molecular flexibility index (Phi) is 5.40. The molecule has 4 aromatic heterocycles. The lowest BCUT2D eigenvalue weighted by atomic mass is 9.99. The summed E-state index contributed by atoms with van der Waals surface area (Å²) >= 11 is 0. The van der Waals surface area contributed by atoms with Gasteiger partial charge in [0.2, 0.25) is 0 Å². The summed E-state index contributed by atoms with van der Waals surface area (Å²) in [5.74, 6) is -0.848. The van der Waals surface area contributed by atoms with Crippen molar-refractivity contribution in [3.8, 4) is 22.4 Å². The molecule has 188 valence electrons. The molecule has 1 amide bonds. The molecule has 6 rings (SSSR count). The predicted molar refractivity (Wildman–Crippen MR) is 125 cm³/mol. The van der Waals surface area contributed by atoms with E-state index in [9.17, 15) is 22.4 Å². The van der Waals surface area contributed by atoms with Crippen molar-refractivity contribution in [2.45, 2.75) is 18.5 Å². The number of likely N-dealkylation sites (tertiary alicyclic amines) is 1. The molecule has 0 saturated carbocycles. The fourth-order valence-electron chi connectivity index (χ4n) is 4.87. The second-order valence-corrected chi connectivity index (χ2v) is 8.96. The predicted octanol–water partition coefficient (Wildman–Crippen LogP) is 6.64. The molecule has 5 aromatic rings. The van der Waals surface area contributed by atoms with E-state index in [1.54, 1.807) is 29.2 Å². The number of alkyl halides is 3. The third kappa shape index (κ3) is 4.08. The highest BCUT2D eigenvalue weighted by molar-refractivity contribution is 6.00. The van der Waals surface area contributed by atoms with E-state index in [-0.39, 0.29) is 34.3 Å². The van der Waals surface area contributed by atoms with Crippen LogP contribution in [0.15, 0.2) is 82.5 Å². The van der Waals surface area contributed by atoms with Gasteiger partial charge >= 0.3 is 6.18 Å². The Morgan fingerprint density at radius 2 is 1.68 bits per heavy atom. The van der Waals surface area contributed by atoms with Crippen LogP contribution in [-0.4, -0.2) is 33.3 Å². The lowest BCUT2D eigenvalue weighted by Gasteiger charge is -2.16. The quantitative estimate of drug-likeness (QED) is 0.255. The van der Waals surface area contributed by atoms with Crippen LogP contribution in [0.5, 0.6) is 0 Å². The van der Waals surface area contributed by atoms with Gasteiger partial charge in [0, 0.05) is 41.9 Å². The summed E-state index contributed by atoms with van der Waals surface area (Å²) < 4.78 is 67.4. The number of hydrogen-bond donors (Lipinski definition) is 0. The van der Waals surface area contributed by atoms with Gasteiger partial charge in [0.25, 0.3) is 5.91 Å². The van der Waals surface area contributed by atoms with E-state index >= 15 is 0 Å². The van der Waals surface area contributed by atoms with Crippen molar-refractivity contribution in [3.05, 3.63) is 96.4 Å². The van der Waals surface area contributed by atoms with Crippen molar-refractivity contribution in [2.75, 3.05) is 13.1 Å². The summed E-state index contributed by atoms with van der Waals surface area (Å²) in [7, 11) is 0. The van der Waals surface area contributed by atoms with Gasteiger partial charge in [-0.15, -0.1) is 0 Å². The van der Waals surface area contributed by atoms with E-state index in [0.29, 0.717) is 30.6 Å². The molecule has 1 aromatic carbocycles. The number of fused-ring (bicyclic) bond motifs is 1. The first-order chi connectivity index (χ1) is 17.8. The number of rotatable bonds is 4. The third-order valence-corrected chi connectivity index (χ3v) is 6.69. The van der Waals surface area contributed by atoms with Crippen molar-refractivity contribution >= 4 is 11.6 Å². The Balaban J connectivity index is 1.47. The second-order valence-electron chi connectivity index (χ2n) is 8.96. The molecule has 10 heteroatoms. The van der Waals surface area contributed by atoms with E-state index in [1.165, 1.54) is 47.8 Å². The summed E-state index contributed by atoms with van der Waals surface area (Å²) in [6, 6.07) is 10.2. The van der Waals surface area contributed by atoms with Crippen molar-refractivity contribution < 1.29 is 31.2 Å². The zero-order chi connectivity index (χ0) is 25.7. The molecule has 0 bridgehead atoms. The van der Waals surface area contributed by atoms with Crippen LogP contribution in [0.3, 0.4) is 0 Å². The standard InChI is InChI=1S/C27H19F4N3O3/c28-21-3-1-16(2-4-21)17-5-8-33(12-17)26(35)23-24(19-7-10-37-15-19)34-13-20(18-6-9-36-14-18)11-22(25(34)32-23)27(29,30)31/h1-4,6-7,9-11,13-15,17H,5,8,12H2. The van der Waals surface area contributed by atoms with Gasteiger partial charge in [-0.05, 0) is 42.3 Å². The number of carbonyl (C=O) groups excluding carboxylic acids is 1. The number of carbonyl (C=O) groups is 1. The number of imidazole rings is 1. The maximum Gasteiger partial charge on any atom is 0.420 e. The molecule has 1 aliphatic heterocycles. The zero-order valence-electron chi connectivity index (χ0n) is 19.2. The molecule has 1 fully saturated rings. The van der Waals surface area contributed by atoms with Crippen molar-refractivity contribution in [3.63, 3.8) is 0 Å². The summed E-state index contributed by atoms with van der Waals surface area (Å²) in [5, 5.41) is 0. The van der Waals surface area contributed by atoms with Crippen LogP contribution in [0.1, 0.15) is 34.0 Å². The number of nitrogens with zero attached hydrogens (tertiary/aromatic N) is 3. The molecule has 0 N–H and O–H groups in total. The first-order valence-corrected chi connectivity index (χ1v) is 11.5. The van der Waals surface area contributed by atoms with Gasteiger partial charge in [0.1, 0.15) is 5.82 Å². The van der Waals surface area contributed by atoms with Crippen LogP contribution in [0.25, 0.3) is 28.0 Å². The Bertz CT molecular complexity index is 1570. The minimum absolute atomic E-state index is 0.0163. The monoisotopic (exact) mass is 509 g/mol. The van der Waals surface area contributed by atoms with E-state index in [0.717, 1.165) is 11.6 Å². The fourth-order valence-corrected chi connectivity index (χ4v) is 4.87. The van der Waals surface area contributed by atoms with Gasteiger partial charge in [-0.1, -0.05) is 12.1 Å². The van der Waals surface area contributed by atoms with E-state index in [1.807, 2.05) is 0 Å². The number of amides is 1. The summed E-state index contributed by atoms with van der Waals surface area (Å²) in [5.41, 5.74) is 0.773. The maximum absolute atomic E-state index is 14.2. The summed E-state index contributed by atoms with van der Waals surface area (Å²) in [6.45, 7) is 0.738. The molecule has 1 unspecified atom stereocenters. The fraction of sp³-hybridized carbons (Fsp3) is 0.185. The van der Waals surface area contributed by atoms with Gasteiger partial charge in [0.05, 0.1) is 36.3 Å². The van der Waals surface area contributed by atoms with Gasteiger partial charge in [-0.3, -0.25) is 9.20 Å². The molecular weight excluding hydrogens is 490 g/mol.